The van der Waals surface area contributed by atoms with E-state index in [1.165, 1.54) is 0 Å². The minimum Gasteiger partial charge on any atom is -0.490 e. The molecule has 0 aliphatic carbocycles. The van der Waals surface area contributed by atoms with Gasteiger partial charge in [-0.2, -0.15) is 0 Å². The van der Waals surface area contributed by atoms with Crippen LogP contribution in [-0.2, 0) is 16.0 Å². The number of carbonyl (C=O) groups is 2. The highest BCUT2D eigenvalue weighted by Gasteiger charge is 2.22. The van der Waals surface area contributed by atoms with E-state index in [1.54, 1.807) is 0 Å². The van der Waals surface area contributed by atoms with Gasteiger partial charge in [0.1, 0.15) is 0 Å². The summed E-state index contributed by atoms with van der Waals surface area (Å²) in [7, 11) is 0. The van der Waals surface area contributed by atoms with Gasteiger partial charge < -0.3 is 19.3 Å². The van der Waals surface area contributed by atoms with Gasteiger partial charge in [0.2, 0.25) is 11.8 Å². The molecule has 0 unspecified atom stereocenters. The molecule has 0 radical (unpaired) electrons. The Morgan fingerprint density at radius 1 is 0.926 bits per heavy atom. The second kappa shape index (κ2) is 9.62. The summed E-state index contributed by atoms with van der Waals surface area (Å²) in [5.74, 6) is 1.79. The summed E-state index contributed by atoms with van der Waals surface area (Å²) in [5, 5.41) is 0. The van der Waals surface area contributed by atoms with Crippen LogP contribution >= 0.6 is 0 Å². The molecule has 2 aliphatic rings. The SMILES string of the molecule is CCCCC(=O)N1CCCN(C(=O)Cc2ccc3c(c2)OCCCO3)CC1. The van der Waals surface area contributed by atoms with Gasteiger partial charge >= 0.3 is 0 Å². The smallest absolute Gasteiger partial charge is 0.227 e. The van der Waals surface area contributed by atoms with Crippen molar-refractivity contribution in [2.24, 2.45) is 0 Å². The van der Waals surface area contributed by atoms with Crippen molar-refractivity contribution in [1.29, 1.82) is 0 Å². The van der Waals surface area contributed by atoms with Crippen molar-refractivity contribution < 1.29 is 19.1 Å². The lowest BCUT2D eigenvalue weighted by Crippen LogP contribution is -2.37. The molecule has 0 N–H and O–H groups in total. The highest BCUT2D eigenvalue weighted by atomic mass is 16.5. The summed E-state index contributed by atoms with van der Waals surface area (Å²) >= 11 is 0. The average molecular weight is 374 g/mol. The van der Waals surface area contributed by atoms with Gasteiger partial charge in [0.05, 0.1) is 19.6 Å². The van der Waals surface area contributed by atoms with Gasteiger partial charge in [-0.05, 0) is 30.5 Å². The van der Waals surface area contributed by atoms with E-state index < -0.39 is 0 Å². The highest BCUT2D eigenvalue weighted by molar-refractivity contribution is 5.79. The molecule has 0 aromatic heterocycles. The molecule has 6 heteroatoms. The second-order valence-electron chi connectivity index (χ2n) is 7.23. The number of carbonyl (C=O) groups excluding carboxylic acids is 2. The topological polar surface area (TPSA) is 59.1 Å². The van der Waals surface area contributed by atoms with E-state index in [0.29, 0.717) is 45.7 Å². The van der Waals surface area contributed by atoms with E-state index in [9.17, 15) is 9.59 Å². The molecule has 2 amide bonds. The van der Waals surface area contributed by atoms with Gasteiger partial charge in [0.15, 0.2) is 11.5 Å². The van der Waals surface area contributed by atoms with Crippen molar-refractivity contribution in [2.45, 2.75) is 45.4 Å². The van der Waals surface area contributed by atoms with E-state index >= 15 is 0 Å². The first-order valence-electron chi connectivity index (χ1n) is 10.1. The summed E-state index contributed by atoms with van der Waals surface area (Å²) in [6.07, 6.45) is 4.62. The largest absolute Gasteiger partial charge is 0.490 e. The Hall–Kier alpha value is -2.24. The van der Waals surface area contributed by atoms with Gasteiger partial charge in [-0.1, -0.05) is 19.4 Å². The van der Waals surface area contributed by atoms with Crippen LogP contribution in [-0.4, -0.2) is 61.0 Å². The lowest BCUT2D eigenvalue weighted by atomic mass is 10.1. The van der Waals surface area contributed by atoms with Crippen LogP contribution in [0.4, 0.5) is 0 Å². The molecular weight excluding hydrogens is 344 g/mol. The molecule has 0 spiro atoms. The van der Waals surface area contributed by atoms with Crippen LogP contribution in [0.5, 0.6) is 11.5 Å². The maximum atomic E-state index is 12.8. The van der Waals surface area contributed by atoms with E-state index in [2.05, 4.69) is 6.92 Å². The van der Waals surface area contributed by atoms with Crippen LogP contribution in [0.3, 0.4) is 0 Å². The Kier molecular flexibility index (Phi) is 6.96. The van der Waals surface area contributed by atoms with E-state index in [4.69, 9.17) is 9.47 Å². The van der Waals surface area contributed by atoms with Gasteiger partial charge in [0.25, 0.3) is 0 Å². The van der Waals surface area contributed by atoms with E-state index in [-0.39, 0.29) is 11.8 Å². The quantitative estimate of drug-likeness (QED) is 0.795. The molecule has 1 aromatic rings. The van der Waals surface area contributed by atoms with Crippen molar-refractivity contribution in [3.05, 3.63) is 23.8 Å². The van der Waals surface area contributed by atoms with Crippen LogP contribution in [0.2, 0.25) is 0 Å². The summed E-state index contributed by atoms with van der Waals surface area (Å²) in [5.41, 5.74) is 0.935. The monoisotopic (exact) mass is 374 g/mol. The number of rotatable bonds is 5. The number of unbranched alkanes of at least 4 members (excludes halogenated alkanes) is 1. The van der Waals surface area contributed by atoms with Crippen LogP contribution < -0.4 is 9.47 Å². The molecule has 3 rings (SSSR count). The van der Waals surface area contributed by atoms with Crippen LogP contribution in [0.15, 0.2) is 18.2 Å². The van der Waals surface area contributed by atoms with Crippen molar-refractivity contribution in [1.82, 2.24) is 9.80 Å². The standard InChI is InChI=1S/C21H30N2O4/c1-2-3-6-20(24)22-9-4-10-23(12-11-22)21(25)16-17-7-8-18-19(15-17)27-14-5-13-26-18/h7-8,15H,2-6,9-14,16H2,1H3. The normalized spacial score (nSPS) is 17.2. The Morgan fingerprint density at radius 2 is 1.63 bits per heavy atom. The van der Waals surface area contributed by atoms with E-state index in [1.807, 2.05) is 28.0 Å². The number of nitrogens with zero attached hydrogens (tertiary/aromatic N) is 2. The molecule has 0 saturated carbocycles. The molecule has 1 saturated heterocycles. The number of hydrogen-bond donors (Lipinski definition) is 0. The number of amides is 2. The highest BCUT2D eigenvalue weighted by Crippen LogP contribution is 2.30. The number of hydrogen-bond acceptors (Lipinski definition) is 4. The maximum Gasteiger partial charge on any atom is 0.227 e. The Labute approximate surface area is 161 Å². The minimum atomic E-state index is 0.104. The Morgan fingerprint density at radius 3 is 2.37 bits per heavy atom. The molecule has 6 nitrogen and oxygen atoms in total. The molecule has 0 atom stereocenters. The molecule has 2 aliphatic heterocycles. The first-order chi connectivity index (χ1) is 13.2. The van der Waals surface area contributed by atoms with Gasteiger partial charge in [-0.25, -0.2) is 0 Å². The van der Waals surface area contributed by atoms with Gasteiger partial charge in [-0.15, -0.1) is 0 Å². The van der Waals surface area contributed by atoms with Crippen LogP contribution in [0.25, 0.3) is 0 Å². The molecule has 1 fully saturated rings. The zero-order chi connectivity index (χ0) is 19.1. The lowest BCUT2D eigenvalue weighted by molar-refractivity contribution is -0.133. The fourth-order valence-corrected chi connectivity index (χ4v) is 3.51. The number of fused-ring (bicyclic) bond motifs is 1. The maximum absolute atomic E-state index is 12.8. The van der Waals surface area contributed by atoms with Crippen molar-refractivity contribution in [3.8, 4) is 11.5 Å². The summed E-state index contributed by atoms with van der Waals surface area (Å²) in [4.78, 5) is 28.8. The molecule has 2 heterocycles. The average Bonchev–Trinajstić information content (AvgIpc) is 3.06. The molecular formula is C21H30N2O4. The van der Waals surface area contributed by atoms with Gasteiger partial charge in [-0.3, -0.25) is 9.59 Å². The molecule has 148 valence electrons. The van der Waals surface area contributed by atoms with E-state index in [0.717, 1.165) is 49.3 Å². The number of ether oxygens (including phenoxy) is 2. The number of benzene rings is 1. The molecule has 27 heavy (non-hydrogen) atoms. The molecule has 1 aromatic carbocycles. The Bertz CT molecular complexity index is 662. The third-order valence-corrected chi connectivity index (χ3v) is 5.11. The lowest BCUT2D eigenvalue weighted by Gasteiger charge is -2.22. The predicted octanol–water partition coefficient (Wildman–Crippen LogP) is 2.64. The first kappa shape index (κ1) is 19.5. The van der Waals surface area contributed by atoms with Crippen molar-refractivity contribution in [3.63, 3.8) is 0 Å². The minimum absolute atomic E-state index is 0.104. The third kappa shape index (κ3) is 5.37. The van der Waals surface area contributed by atoms with Gasteiger partial charge in [0, 0.05) is 39.0 Å². The fraction of sp³-hybridized carbons (Fsp3) is 0.619. The third-order valence-electron chi connectivity index (χ3n) is 5.11. The second-order valence-corrected chi connectivity index (χ2v) is 7.23. The van der Waals surface area contributed by atoms with Crippen LogP contribution in [0.1, 0.15) is 44.6 Å². The zero-order valence-electron chi connectivity index (χ0n) is 16.2. The van der Waals surface area contributed by atoms with Crippen LogP contribution in [0, 0.1) is 0 Å². The zero-order valence-corrected chi connectivity index (χ0v) is 16.2. The fourth-order valence-electron chi connectivity index (χ4n) is 3.51. The summed E-state index contributed by atoms with van der Waals surface area (Å²) < 4.78 is 11.4. The van der Waals surface area contributed by atoms with Crippen molar-refractivity contribution in [2.75, 3.05) is 39.4 Å². The summed E-state index contributed by atoms with van der Waals surface area (Å²) in [6.45, 7) is 6.09. The van der Waals surface area contributed by atoms with Crippen molar-refractivity contribution >= 4 is 11.8 Å². The first-order valence-corrected chi connectivity index (χ1v) is 10.1. The predicted molar refractivity (Wildman–Crippen MR) is 103 cm³/mol. The molecule has 0 bridgehead atoms. The Balaban J connectivity index is 1.55. The summed E-state index contributed by atoms with van der Waals surface area (Å²) in [6, 6.07) is 5.74.